The molecule has 1 aliphatic rings. The maximum Gasteiger partial charge on any atom is 0.523 e. The number of hydrogen-bond donors (Lipinski definition) is 0. The van der Waals surface area contributed by atoms with E-state index in [1.54, 1.807) is 0 Å². The summed E-state index contributed by atoms with van der Waals surface area (Å²) in [6.07, 6.45) is -0.924. The molecule has 1 heterocycles. The summed E-state index contributed by atoms with van der Waals surface area (Å²) in [7, 11) is -4.89. The molecule has 1 atom stereocenters. The van der Waals surface area contributed by atoms with Crippen LogP contribution < -0.4 is 0 Å². The highest BCUT2D eigenvalue weighted by molar-refractivity contribution is 7.87. The van der Waals surface area contributed by atoms with Crippen LogP contribution in [0, 0.1) is 5.92 Å². The summed E-state index contributed by atoms with van der Waals surface area (Å²) in [6.45, 7) is 0.815. The summed E-state index contributed by atoms with van der Waals surface area (Å²) >= 11 is 0. The molecule has 0 aliphatic carbocycles. The first-order valence-electron chi connectivity index (χ1n) is 5.82. The highest BCUT2D eigenvalue weighted by Crippen LogP contribution is 2.29. The van der Waals surface area contributed by atoms with Crippen molar-refractivity contribution in [2.45, 2.75) is 30.9 Å². The number of carbonyl (C=O) groups excluding carboxylic acids is 1. The van der Waals surface area contributed by atoms with E-state index in [0.29, 0.717) is 26.1 Å². The molecule has 1 rings (SSSR count). The SMILES string of the molecule is COC(=O)[C@@H](CC1CCOCC1)OS(=O)(=O)C(F)(F)F. The van der Waals surface area contributed by atoms with Crippen molar-refractivity contribution in [3.63, 3.8) is 0 Å². The third-order valence-electron chi connectivity index (χ3n) is 2.88. The molecule has 1 saturated heterocycles. The summed E-state index contributed by atoms with van der Waals surface area (Å²) in [4.78, 5) is 11.4. The molecule has 0 N–H and O–H groups in total. The molecule has 0 aromatic carbocycles. The lowest BCUT2D eigenvalue weighted by Gasteiger charge is -2.25. The molecule has 1 aliphatic heterocycles. The molecular formula is C10H15F3O6S. The summed E-state index contributed by atoms with van der Waals surface area (Å²) < 4.78 is 72.0. The molecule has 118 valence electrons. The van der Waals surface area contributed by atoms with Crippen LogP contribution in [0.5, 0.6) is 0 Å². The van der Waals surface area contributed by atoms with Crippen LogP contribution >= 0.6 is 0 Å². The van der Waals surface area contributed by atoms with Crippen molar-refractivity contribution in [3.8, 4) is 0 Å². The van der Waals surface area contributed by atoms with Crippen molar-refractivity contribution in [1.29, 1.82) is 0 Å². The Balaban J connectivity index is 2.77. The Kier molecular flexibility index (Phi) is 5.78. The van der Waals surface area contributed by atoms with Crippen molar-refractivity contribution >= 4 is 16.1 Å². The van der Waals surface area contributed by atoms with E-state index < -0.39 is 27.7 Å². The van der Waals surface area contributed by atoms with Crippen LogP contribution in [0.1, 0.15) is 19.3 Å². The monoisotopic (exact) mass is 320 g/mol. The summed E-state index contributed by atoms with van der Waals surface area (Å²) in [5.74, 6) is -1.30. The van der Waals surface area contributed by atoms with E-state index in [2.05, 4.69) is 8.92 Å². The van der Waals surface area contributed by atoms with E-state index in [1.807, 2.05) is 0 Å². The van der Waals surface area contributed by atoms with Gasteiger partial charge in [0.25, 0.3) is 0 Å². The fraction of sp³-hybridized carbons (Fsp3) is 0.900. The summed E-state index contributed by atoms with van der Waals surface area (Å²) in [6, 6.07) is 0. The lowest BCUT2D eigenvalue weighted by atomic mass is 9.94. The minimum Gasteiger partial charge on any atom is -0.467 e. The third-order valence-corrected chi connectivity index (χ3v) is 3.93. The van der Waals surface area contributed by atoms with Gasteiger partial charge in [0, 0.05) is 13.2 Å². The first-order chi connectivity index (χ1) is 9.17. The Hall–Kier alpha value is -0.870. The minimum absolute atomic E-state index is 0.156. The smallest absolute Gasteiger partial charge is 0.467 e. The molecular weight excluding hydrogens is 305 g/mol. The fourth-order valence-electron chi connectivity index (χ4n) is 1.80. The number of carbonyl (C=O) groups is 1. The van der Waals surface area contributed by atoms with Gasteiger partial charge in [0.2, 0.25) is 0 Å². The molecule has 20 heavy (non-hydrogen) atoms. The highest BCUT2D eigenvalue weighted by Gasteiger charge is 2.49. The predicted molar refractivity (Wildman–Crippen MR) is 60.0 cm³/mol. The van der Waals surface area contributed by atoms with E-state index in [9.17, 15) is 26.4 Å². The van der Waals surface area contributed by atoms with Gasteiger partial charge in [-0.15, -0.1) is 0 Å². The molecule has 0 spiro atoms. The molecule has 0 amide bonds. The zero-order chi connectivity index (χ0) is 15.4. The minimum atomic E-state index is -5.83. The number of methoxy groups -OCH3 is 1. The second-order valence-corrected chi connectivity index (χ2v) is 5.86. The number of halogens is 3. The summed E-state index contributed by atoms with van der Waals surface area (Å²) in [5.41, 5.74) is -5.57. The third kappa shape index (κ3) is 4.60. The van der Waals surface area contributed by atoms with Crippen LogP contribution in [0.2, 0.25) is 0 Å². The Labute approximate surface area is 114 Å². The van der Waals surface area contributed by atoms with E-state index in [4.69, 9.17) is 4.74 Å². The quantitative estimate of drug-likeness (QED) is 0.430. The van der Waals surface area contributed by atoms with Crippen molar-refractivity contribution in [3.05, 3.63) is 0 Å². The van der Waals surface area contributed by atoms with Crippen LogP contribution in [0.4, 0.5) is 13.2 Å². The number of hydrogen-bond acceptors (Lipinski definition) is 6. The lowest BCUT2D eigenvalue weighted by Crippen LogP contribution is -2.36. The molecule has 0 saturated carbocycles. The molecule has 0 radical (unpaired) electrons. The Morgan fingerprint density at radius 1 is 1.35 bits per heavy atom. The van der Waals surface area contributed by atoms with Gasteiger partial charge in [0.15, 0.2) is 6.10 Å². The van der Waals surface area contributed by atoms with E-state index in [0.717, 1.165) is 7.11 Å². The van der Waals surface area contributed by atoms with Crippen molar-refractivity contribution in [2.75, 3.05) is 20.3 Å². The maximum atomic E-state index is 12.3. The number of alkyl halides is 3. The molecule has 0 aromatic heterocycles. The van der Waals surface area contributed by atoms with Gasteiger partial charge < -0.3 is 9.47 Å². The fourth-order valence-corrected chi connectivity index (χ4v) is 2.37. The Morgan fingerprint density at radius 2 is 1.90 bits per heavy atom. The van der Waals surface area contributed by atoms with Crippen molar-refractivity contribution < 1.29 is 40.0 Å². The lowest BCUT2D eigenvalue weighted by molar-refractivity contribution is -0.150. The molecule has 0 aromatic rings. The van der Waals surface area contributed by atoms with Gasteiger partial charge in [-0.2, -0.15) is 21.6 Å². The average Bonchev–Trinajstić information content (AvgIpc) is 2.36. The number of ether oxygens (including phenoxy) is 2. The second-order valence-electron chi connectivity index (χ2n) is 4.30. The van der Waals surface area contributed by atoms with Crippen LogP contribution in [0.25, 0.3) is 0 Å². The van der Waals surface area contributed by atoms with Crippen LogP contribution in [0.15, 0.2) is 0 Å². The van der Waals surface area contributed by atoms with Gasteiger partial charge in [0.05, 0.1) is 7.11 Å². The Morgan fingerprint density at radius 3 is 2.35 bits per heavy atom. The molecule has 10 heteroatoms. The molecule has 0 bridgehead atoms. The zero-order valence-corrected chi connectivity index (χ0v) is 11.5. The van der Waals surface area contributed by atoms with Gasteiger partial charge in [-0.1, -0.05) is 0 Å². The topological polar surface area (TPSA) is 78.9 Å². The highest BCUT2D eigenvalue weighted by atomic mass is 32.2. The van der Waals surface area contributed by atoms with Crippen LogP contribution in [-0.4, -0.2) is 46.3 Å². The largest absolute Gasteiger partial charge is 0.523 e. The van der Waals surface area contributed by atoms with Gasteiger partial charge in [-0.3, -0.25) is 0 Å². The Bertz CT molecular complexity index is 427. The summed E-state index contributed by atoms with van der Waals surface area (Å²) in [5, 5.41) is 0. The first-order valence-corrected chi connectivity index (χ1v) is 7.23. The van der Waals surface area contributed by atoms with E-state index in [1.165, 1.54) is 0 Å². The van der Waals surface area contributed by atoms with Gasteiger partial charge in [0.1, 0.15) is 0 Å². The predicted octanol–water partition coefficient (Wildman–Crippen LogP) is 1.21. The van der Waals surface area contributed by atoms with E-state index >= 15 is 0 Å². The van der Waals surface area contributed by atoms with Crippen molar-refractivity contribution in [1.82, 2.24) is 0 Å². The number of rotatable bonds is 5. The molecule has 0 unspecified atom stereocenters. The zero-order valence-electron chi connectivity index (χ0n) is 10.7. The number of esters is 1. The van der Waals surface area contributed by atoms with Crippen LogP contribution in [-0.2, 0) is 28.6 Å². The maximum absolute atomic E-state index is 12.3. The van der Waals surface area contributed by atoms with Crippen LogP contribution in [0.3, 0.4) is 0 Å². The normalized spacial score (nSPS) is 19.6. The van der Waals surface area contributed by atoms with E-state index in [-0.39, 0.29) is 12.3 Å². The molecule has 6 nitrogen and oxygen atoms in total. The second kappa shape index (κ2) is 6.72. The average molecular weight is 320 g/mol. The first kappa shape index (κ1) is 17.2. The van der Waals surface area contributed by atoms with Gasteiger partial charge in [-0.05, 0) is 25.2 Å². The van der Waals surface area contributed by atoms with Crippen molar-refractivity contribution in [2.24, 2.45) is 5.92 Å². The van der Waals surface area contributed by atoms with Gasteiger partial charge in [-0.25, -0.2) is 8.98 Å². The molecule has 1 fully saturated rings. The standard InChI is InChI=1S/C10H15F3O6S/c1-17-9(14)8(6-7-2-4-18-5-3-7)19-20(15,16)10(11,12)13/h7-8H,2-6H2,1H3/t8-/m1/s1. The van der Waals surface area contributed by atoms with Gasteiger partial charge >= 0.3 is 21.6 Å².